The van der Waals surface area contributed by atoms with Gasteiger partial charge in [-0.25, -0.2) is 0 Å². The number of carboxylic acids is 1. The van der Waals surface area contributed by atoms with Crippen molar-refractivity contribution in [2.45, 2.75) is 31.3 Å². The fourth-order valence-corrected chi connectivity index (χ4v) is 2.30. The molecule has 1 aromatic rings. The summed E-state index contributed by atoms with van der Waals surface area (Å²) in [5.41, 5.74) is 17.3. The van der Waals surface area contributed by atoms with Crippen molar-refractivity contribution in [2.75, 3.05) is 13.1 Å². The van der Waals surface area contributed by atoms with E-state index < -0.39 is 36.4 Å². The zero-order valence-corrected chi connectivity index (χ0v) is 14.9. The molecule has 0 heterocycles. The maximum atomic E-state index is 12.3. The molecule has 2 amide bonds. The Morgan fingerprint density at radius 3 is 2.37 bits per heavy atom. The Hall–Kier alpha value is -3.14. The predicted octanol–water partition coefficient (Wildman–Crippen LogP) is -1.70. The standard InChI is InChI=1S/C17H26N6O4/c18-12(9-11-5-2-1-3-6-11)15(26)23-13(7-4-8-21-17(19)20)16(27)22-10-14(24)25/h1-3,5-6,12-13H,4,7-10,18H2,(H,22,27)(H,23,26)(H,24,25)(H4,19,20,21)/t12-,13-/m0/s1. The number of rotatable bonds is 11. The lowest BCUT2D eigenvalue weighted by atomic mass is 10.0. The quantitative estimate of drug-likeness (QED) is 0.150. The zero-order valence-electron chi connectivity index (χ0n) is 14.9. The molecular formula is C17H26N6O4. The minimum Gasteiger partial charge on any atom is -0.480 e. The van der Waals surface area contributed by atoms with Crippen molar-refractivity contribution >= 4 is 23.7 Å². The number of guanidine groups is 1. The molecule has 0 saturated heterocycles. The van der Waals surface area contributed by atoms with Crippen LogP contribution in [0.2, 0.25) is 0 Å². The third kappa shape index (κ3) is 9.21. The van der Waals surface area contributed by atoms with Crippen LogP contribution in [-0.4, -0.2) is 54.0 Å². The van der Waals surface area contributed by atoms with Crippen LogP contribution in [0.5, 0.6) is 0 Å². The van der Waals surface area contributed by atoms with Gasteiger partial charge in [0.1, 0.15) is 12.6 Å². The summed E-state index contributed by atoms with van der Waals surface area (Å²) in [5.74, 6) is -2.37. The van der Waals surface area contributed by atoms with E-state index >= 15 is 0 Å². The Morgan fingerprint density at radius 1 is 1.11 bits per heavy atom. The van der Waals surface area contributed by atoms with Gasteiger partial charge in [-0.1, -0.05) is 30.3 Å². The van der Waals surface area contributed by atoms with Crippen molar-refractivity contribution in [2.24, 2.45) is 22.2 Å². The number of nitrogens with two attached hydrogens (primary N) is 3. The van der Waals surface area contributed by atoms with Crippen LogP contribution in [0.25, 0.3) is 0 Å². The maximum absolute atomic E-state index is 12.3. The fourth-order valence-electron chi connectivity index (χ4n) is 2.30. The molecule has 1 rings (SSSR count). The Kier molecular flexibility index (Phi) is 9.30. The molecule has 10 nitrogen and oxygen atoms in total. The van der Waals surface area contributed by atoms with Gasteiger partial charge in [0.2, 0.25) is 11.8 Å². The smallest absolute Gasteiger partial charge is 0.322 e. The summed E-state index contributed by atoms with van der Waals surface area (Å²) in [6.45, 7) is -0.272. The molecule has 0 bridgehead atoms. The van der Waals surface area contributed by atoms with Crippen molar-refractivity contribution < 1.29 is 19.5 Å². The molecular weight excluding hydrogens is 352 g/mol. The summed E-state index contributed by atoms with van der Waals surface area (Å²) in [4.78, 5) is 39.0. The van der Waals surface area contributed by atoms with Crippen molar-refractivity contribution in [3.63, 3.8) is 0 Å². The van der Waals surface area contributed by atoms with E-state index in [2.05, 4.69) is 15.6 Å². The van der Waals surface area contributed by atoms with Gasteiger partial charge >= 0.3 is 5.97 Å². The lowest BCUT2D eigenvalue weighted by Gasteiger charge is -2.20. The average Bonchev–Trinajstić information content (AvgIpc) is 2.62. The second-order valence-corrected chi connectivity index (χ2v) is 5.92. The number of nitrogens with one attached hydrogen (secondary N) is 2. The van der Waals surface area contributed by atoms with Gasteiger partial charge in [-0.2, -0.15) is 0 Å². The van der Waals surface area contributed by atoms with Gasteiger partial charge in [0, 0.05) is 6.54 Å². The van der Waals surface area contributed by atoms with Crippen LogP contribution < -0.4 is 27.8 Å². The van der Waals surface area contributed by atoms with E-state index in [4.69, 9.17) is 22.3 Å². The van der Waals surface area contributed by atoms with E-state index in [1.807, 2.05) is 30.3 Å². The monoisotopic (exact) mass is 378 g/mol. The summed E-state index contributed by atoms with van der Waals surface area (Å²) in [5, 5.41) is 13.5. The first kappa shape index (κ1) is 21.9. The van der Waals surface area contributed by atoms with Gasteiger partial charge in [0.05, 0.1) is 6.04 Å². The summed E-state index contributed by atoms with van der Waals surface area (Å²) in [6, 6.07) is 7.44. The number of hydrogen-bond acceptors (Lipinski definition) is 5. The Bertz CT molecular complexity index is 661. The summed E-state index contributed by atoms with van der Waals surface area (Å²) >= 11 is 0. The number of nitrogens with zero attached hydrogens (tertiary/aromatic N) is 1. The number of aliphatic carboxylic acids is 1. The molecule has 0 aliphatic rings. The van der Waals surface area contributed by atoms with E-state index in [1.54, 1.807) is 0 Å². The summed E-state index contributed by atoms with van der Waals surface area (Å²) in [7, 11) is 0. The first-order valence-electron chi connectivity index (χ1n) is 8.44. The van der Waals surface area contributed by atoms with Crippen LogP contribution >= 0.6 is 0 Å². The molecule has 10 heteroatoms. The highest BCUT2D eigenvalue weighted by Gasteiger charge is 2.24. The first-order chi connectivity index (χ1) is 12.8. The van der Waals surface area contributed by atoms with Crippen molar-refractivity contribution in [3.05, 3.63) is 35.9 Å². The molecule has 0 aliphatic carbocycles. The Labute approximate surface area is 157 Å². The maximum Gasteiger partial charge on any atom is 0.322 e. The second kappa shape index (κ2) is 11.5. The van der Waals surface area contributed by atoms with Crippen LogP contribution in [0, 0.1) is 0 Å². The van der Waals surface area contributed by atoms with E-state index in [-0.39, 0.29) is 18.9 Å². The minimum absolute atomic E-state index is 0.0733. The van der Waals surface area contributed by atoms with Gasteiger partial charge in [-0.3, -0.25) is 19.4 Å². The molecule has 0 spiro atoms. The summed E-state index contributed by atoms with van der Waals surface area (Å²) in [6.07, 6.45) is 0.952. The third-order valence-electron chi connectivity index (χ3n) is 3.63. The molecule has 148 valence electrons. The van der Waals surface area contributed by atoms with Crippen LogP contribution in [0.15, 0.2) is 35.3 Å². The largest absolute Gasteiger partial charge is 0.480 e. The van der Waals surface area contributed by atoms with E-state index in [1.165, 1.54) is 0 Å². The molecule has 1 aromatic carbocycles. The van der Waals surface area contributed by atoms with Gasteiger partial charge in [0.25, 0.3) is 0 Å². The van der Waals surface area contributed by atoms with Crippen LogP contribution in [-0.2, 0) is 20.8 Å². The normalized spacial score (nSPS) is 12.5. The SMILES string of the molecule is NC(N)=NCCC[C@H](NC(=O)[C@@H](N)Cc1ccccc1)C(=O)NCC(=O)O. The van der Waals surface area contributed by atoms with E-state index in [0.717, 1.165) is 5.56 Å². The second-order valence-electron chi connectivity index (χ2n) is 5.92. The van der Waals surface area contributed by atoms with Crippen LogP contribution in [0.1, 0.15) is 18.4 Å². The lowest BCUT2D eigenvalue weighted by Crippen LogP contribution is -2.52. The van der Waals surface area contributed by atoms with Crippen molar-refractivity contribution in [1.82, 2.24) is 10.6 Å². The van der Waals surface area contributed by atoms with Gasteiger partial charge in [-0.15, -0.1) is 0 Å². The van der Waals surface area contributed by atoms with Gasteiger partial charge in [-0.05, 0) is 24.8 Å². The molecule has 0 unspecified atom stereocenters. The highest BCUT2D eigenvalue weighted by atomic mass is 16.4. The van der Waals surface area contributed by atoms with Gasteiger partial charge < -0.3 is 32.9 Å². The van der Waals surface area contributed by atoms with Crippen molar-refractivity contribution in [3.8, 4) is 0 Å². The molecule has 27 heavy (non-hydrogen) atoms. The number of benzene rings is 1. The number of carboxylic acid groups (broad SMARTS) is 1. The molecule has 9 N–H and O–H groups in total. The first-order valence-corrected chi connectivity index (χ1v) is 8.44. The molecule has 2 atom stereocenters. The zero-order chi connectivity index (χ0) is 20.2. The van der Waals surface area contributed by atoms with Gasteiger partial charge in [0.15, 0.2) is 5.96 Å². The summed E-state index contributed by atoms with van der Waals surface area (Å²) < 4.78 is 0. The highest BCUT2D eigenvalue weighted by molar-refractivity contribution is 5.91. The molecule has 0 radical (unpaired) electrons. The third-order valence-corrected chi connectivity index (χ3v) is 3.63. The lowest BCUT2D eigenvalue weighted by molar-refractivity contribution is -0.138. The number of hydrogen-bond donors (Lipinski definition) is 6. The van der Waals surface area contributed by atoms with E-state index in [0.29, 0.717) is 12.8 Å². The minimum atomic E-state index is -1.19. The number of carbonyl (C=O) groups excluding carboxylic acids is 2. The van der Waals surface area contributed by atoms with Crippen LogP contribution in [0.3, 0.4) is 0 Å². The topological polar surface area (TPSA) is 186 Å². The average molecular weight is 378 g/mol. The predicted molar refractivity (Wildman–Crippen MR) is 101 cm³/mol. The Morgan fingerprint density at radius 2 is 1.78 bits per heavy atom. The molecule has 0 aliphatic heterocycles. The number of aliphatic imine (C=N–C) groups is 1. The fraction of sp³-hybridized carbons (Fsp3) is 0.412. The van der Waals surface area contributed by atoms with E-state index in [9.17, 15) is 14.4 Å². The molecule has 0 fully saturated rings. The molecule has 0 aromatic heterocycles. The van der Waals surface area contributed by atoms with Crippen LogP contribution in [0.4, 0.5) is 0 Å². The molecule has 0 saturated carbocycles. The number of carbonyl (C=O) groups is 3. The Balaban J connectivity index is 2.66. The van der Waals surface area contributed by atoms with Crippen molar-refractivity contribution in [1.29, 1.82) is 0 Å². The number of amides is 2. The highest BCUT2D eigenvalue weighted by Crippen LogP contribution is 2.04.